The minimum atomic E-state index is -0.952. The maximum Gasteiger partial charge on any atom is 0.243 e. The van der Waals surface area contributed by atoms with Crippen LogP contribution in [0.5, 0.6) is 0 Å². The van der Waals surface area contributed by atoms with Gasteiger partial charge in [-0.3, -0.25) is 14.4 Å². The van der Waals surface area contributed by atoms with Crippen LogP contribution in [0.25, 0.3) is 11.1 Å². The number of hydrogen-bond donors (Lipinski definition) is 4. The van der Waals surface area contributed by atoms with Crippen LogP contribution in [-0.4, -0.2) is 39.8 Å². The summed E-state index contributed by atoms with van der Waals surface area (Å²) in [7, 11) is 0. The number of fused-ring (bicyclic) bond motifs is 3. The fraction of sp³-hybridized carbons (Fsp3) is 0.200. The van der Waals surface area contributed by atoms with Crippen LogP contribution in [0.2, 0.25) is 0 Å². The lowest BCUT2D eigenvalue weighted by molar-refractivity contribution is -0.131. The molecule has 8 heteroatoms. The lowest BCUT2D eigenvalue weighted by Crippen LogP contribution is -2.54. The number of carbonyl (C=O) groups is 3. The first kappa shape index (κ1) is 25.0. The Morgan fingerprint density at radius 2 is 1.45 bits per heavy atom. The molecule has 5 N–H and O–H groups in total. The summed E-state index contributed by atoms with van der Waals surface area (Å²) in [5, 5.41) is 5.66. The second-order valence-corrected chi connectivity index (χ2v) is 9.49. The smallest absolute Gasteiger partial charge is 0.243 e. The van der Waals surface area contributed by atoms with Crippen molar-refractivity contribution in [3.63, 3.8) is 0 Å². The third-order valence-electron chi connectivity index (χ3n) is 6.93. The topological polar surface area (TPSA) is 130 Å². The second-order valence-electron chi connectivity index (χ2n) is 9.49. The van der Waals surface area contributed by atoms with Crippen LogP contribution < -0.4 is 16.4 Å². The Labute approximate surface area is 220 Å². The molecule has 0 bridgehead atoms. The summed E-state index contributed by atoms with van der Waals surface area (Å²) in [5.74, 6) is -1.50. The Balaban J connectivity index is 1.34. The van der Waals surface area contributed by atoms with Crippen LogP contribution in [0.3, 0.4) is 0 Å². The SMILES string of the molecule is NC(=O)C(Cc1cnc[nH]1)NC(=O)[C@H](Cc1ccccc1)NC(=O)CC1c2ccccc2-c2ccccc21. The predicted molar refractivity (Wildman–Crippen MR) is 144 cm³/mol. The number of hydrogen-bond acceptors (Lipinski definition) is 4. The number of H-pyrrole nitrogens is 1. The number of rotatable bonds is 10. The predicted octanol–water partition coefficient (Wildman–Crippen LogP) is 2.85. The van der Waals surface area contributed by atoms with Gasteiger partial charge in [-0.2, -0.15) is 0 Å². The zero-order valence-corrected chi connectivity index (χ0v) is 20.8. The van der Waals surface area contributed by atoms with Gasteiger partial charge in [-0.25, -0.2) is 4.98 Å². The fourth-order valence-corrected chi connectivity index (χ4v) is 5.09. The highest BCUT2D eigenvalue weighted by molar-refractivity contribution is 5.92. The molecule has 0 saturated carbocycles. The summed E-state index contributed by atoms with van der Waals surface area (Å²) in [6, 6.07) is 23.8. The molecule has 1 heterocycles. The van der Waals surface area contributed by atoms with Crippen LogP contribution in [-0.2, 0) is 27.2 Å². The van der Waals surface area contributed by atoms with E-state index in [4.69, 9.17) is 5.73 Å². The van der Waals surface area contributed by atoms with Gasteiger partial charge >= 0.3 is 0 Å². The van der Waals surface area contributed by atoms with Gasteiger partial charge in [-0.15, -0.1) is 0 Å². The standard InChI is InChI=1S/C30H29N5O3/c31-29(37)26(15-20-17-32-18-33-20)35-30(38)27(14-19-8-2-1-3-9-19)34-28(36)16-25-23-12-6-4-10-21(23)22-11-5-7-13-24(22)25/h1-13,17-18,25-27H,14-16H2,(H2,31,37)(H,32,33)(H,34,36)(H,35,38)/t26?,27-/m0/s1. The van der Waals surface area contributed by atoms with Gasteiger partial charge in [0, 0.05) is 37.1 Å². The largest absolute Gasteiger partial charge is 0.368 e. The molecule has 1 unspecified atom stereocenters. The molecule has 0 spiro atoms. The molecule has 3 aromatic carbocycles. The average molecular weight is 508 g/mol. The number of nitrogens with two attached hydrogens (primary N) is 1. The highest BCUT2D eigenvalue weighted by atomic mass is 16.2. The summed E-state index contributed by atoms with van der Waals surface area (Å²) >= 11 is 0. The van der Waals surface area contributed by atoms with Gasteiger partial charge in [0.1, 0.15) is 12.1 Å². The van der Waals surface area contributed by atoms with Crippen LogP contribution in [0.15, 0.2) is 91.4 Å². The number of imidazole rings is 1. The lowest BCUT2D eigenvalue weighted by atomic mass is 9.93. The number of benzene rings is 3. The van der Waals surface area contributed by atoms with Crippen molar-refractivity contribution in [3.8, 4) is 11.1 Å². The third kappa shape index (κ3) is 5.49. The number of aromatic nitrogens is 2. The molecule has 8 nitrogen and oxygen atoms in total. The van der Waals surface area contributed by atoms with E-state index in [0.717, 1.165) is 27.8 Å². The van der Waals surface area contributed by atoms with Gasteiger partial charge < -0.3 is 21.4 Å². The van der Waals surface area contributed by atoms with Gasteiger partial charge in [0.25, 0.3) is 0 Å². The first-order chi connectivity index (χ1) is 18.5. The molecule has 1 aliphatic rings. The monoisotopic (exact) mass is 507 g/mol. The van der Waals surface area contributed by atoms with Gasteiger partial charge in [-0.05, 0) is 27.8 Å². The Morgan fingerprint density at radius 3 is 2.05 bits per heavy atom. The molecule has 0 saturated heterocycles. The van der Waals surface area contributed by atoms with E-state index in [2.05, 4.69) is 32.7 Å². The van der Waals surface area contributed by atoms with E-state index < -0.39 is 23.9 Å². The molecular weight excluding hydrogens is 478 g/mol. The first-order valence-electron chi connectivity index (χ1n) is 12.6. The minimum absolute atomic E-state index is 0.110. The van der Waals surface area contributed by atoms with Crippen LogP contribution >= 0.6 is 0 Å². The van der Waals surface area contributed by atoms with Gasteiger partial charge in [0.15, 0.2) is 0 Å². The molecule has 1 aromatic heterocycles. The number of carbonyl (C=O) groups excluding carboxylic acids is 3. The van der Waals surface area contributed by atoms with Gasteiger partial charge in [0.2, 0.25) is 17.7 Å². The fourth-order valence-electron chi connectivity index (χ4n) is 5.09. The zero-order chi connectivity index (χ0) is 26.5. The Bertz CT molecular complexity index is 1390. The van der Waals surface area contributed by atoms with Crippen LogP contribution in [0.1, 0.15) is 34.7 Å². The third-order valence-corrected chi connectivity index (χ3v) is 6.93. The first-order valence-corrected chi connectivity index (χ1v) is 12.6. The molecule has 4 aromatic rings. The van der Waals surface area contributed by atoms with Crippen molar-refractivity contribution in [3.05, 3.63) is 114 Å². The van der Waals surface area contributed by atoms with Crippen molar-refractivity contribution in [2.24, 2.45) is 5.73 Å². The maximum absolute atomic E-state index is 13.4. The van der Waals surface area contributed by atoms with E-state index >= 15 is 0 Å². The molecule has 3 amide bonds. The van der Waals surface area contributed by atoms with Crippen molar-refractivity contribution < 1.29 is 14.4 Å². The van der Waals surface area contributed by atoms with E-state index in [1.165, 1.54) is 6.33 Å². The Kier molecular flexibility index (Phi) is 7.31. The van der Waals surface area contributed by atoms with Crippen molar-refractivity contribution in [1.29, 1.82) is 0 Å². The van der Waals surface area contributed by atoms with E-state index in [9.17, 15) is 14.4 Å². The minimum Gasteiger partial charge on any atom is -0.368 e. The zero-order valence-electron chi connectivity index (χ0n) is 20.8. The quantitative estimate of drug-likeness (QED) is 0.263. The summed E-state index contributed by atoms with van der Waals surface area (Å²) < 4.78 is 0. The number of aromatic amines is 1. The molecule has 5 rings (SSSR count). The number of nitrogens with one attached hydrogen (secondary N) is 3. The van der Waals surface area contributed by atoms with Gasteiger partial charge in [-0.1, -0.05) is 78.9 Å². The van der Waals surface area contributed by atoms with Crippen LogP contribution in [0.4, 0.5) is 0 Å². The molecule has 38 heavy (non-hydrogen) atoms. The number of nitrogens with zero attached hydrogens (tertiary/aromatic N) is 1. The summed E-state index contributed by atoms with van der Waals surface area (Å²) in [6.07, 6.45) is 3.70. The molecule has 1 aliphatic carbocycles. The summed E-state index contributed by atoms with van der Waals surface area (Å²) in [4.78, 5) is 45.8. The van der Waals surface area contributed by atoms with Crippen LogP contribution in [0, 0.1) is 0 Å². The van der Waals surface area contributed by atoms with Crippen molar-refractivity contribution >= 4 is 17.7 Å². The normalized spacial score (nSPS) is 13.7. The van der Waals surface area contributed by atoms with E-state index in [0.29, 0.717) is 5.69 Å². The number of primary amides is 1. The molecule has 0 fully saturated rings. The molecule has 0 aliphatic heterocycles. The Morgan fingerprint density at radius 1 is 0.816 bits per heavy atom. The summed E-state index contributed by atoms with van der Waals surface area (Å²) in [5.41, 5.74) is 11.6. The molecule has 2 atom stereocenters. The maximum atomic E-state index is 13.4. The van der Waals surface area contributed by atoms with Crippen molar-refractivity contribution in [1.82, 2.24) is 20.6 Å². The van der Waals surface area contributed by atoms with E-state index in [-0.39, 0.29) is 31.1 Å². The average Bonchev–Trinajstić information content (AvgIpc) is 3.55. The molecule has 0 radical (unpaired) electrons. The van der Waals surface area contributed by atoms with E-state index in [1.54, 1.807) is 6.20 Å². The molecule has 192 valence electrons. The summed E-state index contributed by atoms with van der Waals surface area (Å²) in [6.45, 7) is 0. The lowest BCUT2D eigenvalue weighted by Gasteiger charge is -2.23. The van der Waals surface area contributed by atoms with Gasteiger partial charge in [0.05, 0.1) is 6.33 Å². The van der Waals surface area contributed by atoms with Crippen molar-refractivity contribution in [2.45, 2.75) is 37.3 Å². The highest BCUT2D eigenvalue weighted by Crippen LogP contribution is 2.45. The van der Waals surface area contributed by atoms with E-state index in [1.807, 2.05) is 66.7 Å². The Hall–Kier alpha value is -4.72. The number of amides is 3. The second kappa shape index (κ2) is 11.1. The van der Waals surface area contributed by atoms with Crippen molar-refractivity contribution in [2.75, 3.05) is 0 Å². The molecular formula is C30H29N5O3. The highest BCUT2D eigenvalue weighted by Gasteiger charge is 2.32.